The summed E-state index contributed by atoms with van der Waals surface area (Å²) in [7, 11) is 0. The topological polar surface area (TPSA) is 55.4 Å². The van der Waals surface area contributed by atoms with E-state index in [2.05, 4.69) is 5.32 Å². The van der Waals surface area contributed by atoms with E-state index in [0.717, 1.165) is 5.56 Å². The van der Waals surface area contributed by atoms with Crippen molar-refractivity contribution in [2.45, 2.75) is 32.8 Å². The van der Waals surface area contributed by atoms with Crippen LogP contribution in [0, 0.1) is 5.82 Å². The molecular weight excluding hydrogens is 321 g/mol. The SMILES string of the molecule is CCC(=O)c1ccc(OC(C)C(=O)NCCc2ccc(F)cc2)cc1. The smallest absolute Gasteiger partial charge is 0.260 e. The van der Waals surface area contributed by atoms with Crippen molar-refractivity contribution >= 4 is 11.7 Å². The van der Waals surface area contributed by atoms with Crippen LogP contribution in [0.5, 0.6) is 5.75 Å². The molecule has 0 spiro atoms. The molecule has 132 valence electrons. The zero-order chi connectivity index (χ0) is 18.2. The number of hydrogen-bond acceptors (Lipinski definition) is 3. The Balaban J connectivity index is 1.79. The first-order valence-electron chi connectivity index (χ1n) is 8.31. The first-order valence-corrected chi connectivity index (χ1v) is 8.31. The molecule has 0 aliphatic carbocycles. The van der Waals surface area contributed by atoms with Gasteiger partial charge < -0.3 is 10.1 Å². The van der Waals surface area contributed by atoms with E-state index >= 15 is 0 Å². The fraction of sp³-hybridized carbons (Fsp3) is 0.300. The fourth-order valence-electron chi connectivity index (χ4n) is 2.31. The number of benzene rings is 2. The summed E-state index contributed by atoms with van der Waals surface area (Å²) < 4.78 is 18.4. The van der Waals surface area contributed by atoms with Crippen LogP contribution in [-0.2, 0) is 11.2 Å². The van der Waals surface area contributed by atoms with Gasteiger partial charge in [0, 0.05) is 18.5 Å². The van der Waals surface area contributed by atoms with Crippen molar-refractivity contribution in [1.82, 2.24) is 5.32 Å². The maximum atomic E-state index is 12.8. The molecule has 0 radical (unpaired) electrons. The lowest BCUT2D eigenvalue weighted by Gasteiger charge is -2.15. The van der Waals surface area contributed by atoms with Gasteiger partial charge in [-0.3, -0.25) is 9.59 Å². The zero-order valence-electron chi connectivity index (χ0n) is 14.4. The molecule has 25 heavy (non-hydrogen) atoms. The lowest BCUT2D eigenvalue weighted by molar-refractivity contribution is -0.127. The van der Waals surface area contributed by atoms with Crippen LogP contribution >= 0.6 is 0 Å². The van der Waals surface area contributed by atoms with Gasteiger partial charge in [-0.05, 0) is 55.3 Å². The van der Waals surface area contributed by atoms with Crippen LogP contribution in [0.3, 0.4) is 0 Å². The number of ketones is 1. The number of nitrogens with one attached hydrogen (secondary N) is 1. The molecule has 0 saturated carbocycles. The van der Waals surface area contributed by atoms with Gasteiger partial charge in [0.2, 0.25) is 0 Å². The molecule has 2 rings (SSSR count). The number of hydrogen-bond donors (Lipinski definition) is 1. The highest BCUT2D eigenvalue weighted by Crippen LogP contribution is 2.15. The van der Waals surface area contributed by atoms with Gasteiger partial charge in [-0.2, -0.15) is 0 Å². The van der Waals surface area contributed by atoms with Crippen molar-refractivity contribution in [1.29, 1.82) is 0 Å². The van der Waals surface area contributed by atoms with E-state index in [-0.39, 0.29) is 17.5 Å². The number of carbonyl (C=O) groups is 2. The minimum atomic E-state index is -0.652. The number of amides is 1. The average Bonchev–Trinajstić information content (AvgIpc) is 2.63. The predicted molar refractivity (Wildman–Crippen MR) is 94.3 cm³/mol. The third-order valence-electron chi connectivity index (χ3n) is 3.81. The number of halogens is 1. The molecule has 1 atom stereocenters. The van der Waals surface area contributed by atoms with Gasteiger partial charge in [0.15, 0.2) is 11.9 Å². The Hall–Kier alpha value is -2.69. The molecule has 0 fully saturated rings. The van der Waals surface area contributed by atoms with Crippen molar-refractivity contribution in [3.8, 4) is 5.75 Å². The second kappa shape index (κ2) is 8.97. The van der Waals surface area contributed by atoms with Crippen LogP contribution in [0.2, 0.25) is 0 Å². The Kier molecular flexibility index (Phi) is 6.69. The summed E-state index contributed by atoms with van der Waals surface area (Å²) in [4.78, 5) is 23.6. The highest BCUT2D eigenvalue weighted by Gasteiger charge is 2.14. The van der Waals surface area contributed by atoms with Crippen LogP contribution in [0.15, 0.2) is 48.5 Å². The van der Waals surface area contributed by atoms with Crippen molar-refractivity contribution in [3.05, 3.63) is 65.5 Å². The molecule has 5 heteroatoms. The highest BCUT2D eigenvalue weighted by atomic mass is 19.1. The molecule has 0 saturated heterocycles. The van der Waals surface area contributed by atoms with Crippen LogP contribution in [0.25, 0.3) is 0 Å². The monoisotopic (exact) mass is 343 g/mol. The lowest BCUT2D eigenvalue weighted by Crippen LogP contribution is -2.37. The zero-order valence-corrected chi connectivity index (χ0v) is 14.4. The van der Waals surface area contributed by atoms with E-state index < -0.39 is 6.10 Å². The Labute approximate surface area is 147 Å². The van der Waals surface area contributed by atoms with Crippen molar-refractivity contribution in [2.24, 2.45) is 0 Å². The minimum Gasteiger partial charge on any atom is -0.481 e. The molecular formula is C20H22FNO3. The Bertz CT molecular complexity index is 711. The molecule has 2 aromatic carbocycles. The predicted octanol–water partition coefficient (Wildman–Crippen LogP) is 3.54. The quantitative estimate of drug-likeness (QED) is 0.746. The maximum Gasteiger partial charge on any atom is 0.260 e. The Morgan fingerprint density at radius 1 is 1.08 bits per heavy atom. The number of rotatable bonds is 8. The van der Waals surface area contributed by atoms with Gasteiger partial charge >= 0.3 is 0 Å². The summed E-state index contributed by atoms with van der Waals surface area (Å²) in [5, 5.41) is 2.79. The number of Topliss-reactive ketones (excluding diaryl/α,β-unsaturated/α-hetero) is 1. The maximum absolute atomic E-state index is 12.8. The van der Waals surface area contributed by atoms with Gasteiger partial charge in [0.25, 0.3) is 5.91 Å². The fourth-order valence-corrected chi connectivity index (χ4v) is 2.31. The lowest BCUT2D eigenvalue weighted by atomic mass is 10.1. The summed E-state index contributed by atoms with van der Waals surface area (Å²) in [6.07, 6.45) is 0.417. The molecule has 0 aliphatic rings. The van der Waals surface area contributed by atoms with Gasteiger partial charge in [-0.25, -0.2) is 4.39 Å². The molecule has 0 heterocycles. The van der Waals surface area contributed by atoms with Crippen molar-refractivity contribution in [2.75, 3.05) is 6.54 Å². The molecule has 4 nitrogen and oxygen atoms in total. The summed E-state index contributed by atoms with van der Waals surface area (Å²) in [5.41, 5.74) is 1.58. The largest absolute Gasteiger partial charge is 0.481 e. The summed E-state index contributed by atoms with van der Waals surface area (Å²) in [6, 6.07) is 12.9. The van der Waals surface area contributed by atoms with Gasteiger partial charge in [-0.1, -0.05) is 19.1 Å². The molecule has 1 amide bonds. The number of carbonyl (C=O) groups excluding carboxylic acids is 2. The van der Waals surface area contributed by atoms with Crippen LogP contribution in [-0.4, -0.2) is 24.3 Å². The van der Waals surface area contributed by atoms with Crippen LogP contribution in [0.1, 0.15) is 36.2 Å². The van der Waals surface area contributed by atoms with Gasteiger partial charge in [0.1, 0.15) is 11.6 Å². The van der Waals surface area contributed by atoms with Crippen LogP contribution < -0.4 is 10.1 Å². The number of ether oxygens (including phenoxy) is 1. The van der Waals surface area contributed by atoms with E-state index in [1.54, 1.807) is 43.3 Å². The Morgan fingerprint density at radius 3 is 2.32 bits per heavy atom. The second-order valence-electron chi connectivity index (χ2n) is 5.73. The van der Waals surface area contributed by atoms with E-state index in [1.165, 1.54) is 12.1 Å². The second-order valence-corrected chi connectivity index (χ2v) is 5.73. The van der Waals surface area contributed by atoms with E-state index in [0.29, 0.717) is 30.7 Å². The van der Waals surface area contributed by atoms with Gasteiger partial charge in [-0.15, -0.1) is 0 Å². The third kappa shape index (κ3) is 5.71. The molecule has 1 N–H and O–H groups in total. The third-order valence-corrected chi connectivity index (χ3v) is 3.81. The normalized spacial score (nSPS) is 11.6. The standard InChI is InChI=1S/C20H22FNO3/c1-3-19(23)16-6-10-18(11-7-16)25-14(2)20(24)22-13-12-15-4-8-17(21)9-5-15/h4-11,14H,3,12-13H2,1-2H3,(H,22,24). The van der Waals surface area contributed by atoms with Crippen LogP contribution in [0.4, 0.5) is 4.39 Å². The first kappa shape index (κ1) is 18.6. The van der Waals surface area contributed by atoms with E-state index in [1.807, 2.05) is 6.92 Å². The Morgan fingerprint density at radius 2 is 1.72 bits per heavy atom. The molecule has 2 aromatic rings. The summed E-state index contributed by atoms with van der Waals surface area (Å²) in [6.45, 7) is 3.92. The summed E-state index contributed by atoms with van der Waals surface area (Å²) in [5.74, 6) is 0.101. The molecule has 1 unspecified atom stereocenters. The van der Waals surface area contributed by atoms with E-state index in [9.17, 15) is 14.0 Å². The molecule has 0 bridgehead atoms. The van der Waals surface area contributed by atoms with Gasteiger partial charge in [0.05, 0.1) is 0 Å². The average molecular weight is 343 g/mol. The molecule has 0 aliphatic heterocycles. The van der Waals surface area contributed by atoms with E-state index in [4.69, 9.17) is 4.74 Å². The summed E-state index contributed by atoms with van der Waals surface area (Å²) >= 11 is 0. The van der Waals surface area contributed by atoms with Crippen molar-refractivity contribution in [3.63, 3.8) is 0 Å². The molecule has 0 aromatic heterocycles. The first-order chi connectivity index (χ1) is 12.0. The van der Waals surface area contributed by atoms with Crippen molar-refractivity contribution < 1.29 is 18.7 Å². The highest BCUT2D eigenvalue weighted by molar-refractivity contribution is 5.95. The minimum absolute atomic E-state index is 0.0677.